The number of aryl methyl sites for hydroxylation is 1. The molecular formula is C18H18N4O4. The van der Waals surface area contributed by atoms with Gasteiger partial charge in [-0.2, -0.15) is 0 Å². The summed E-state index contributed by atoms with van der Waals surface area (Å²) in [5, 5.41) is 9.96. The number of esters is 1. The largest absolute Gasteiger partial charge is 0.465 e. The molecule has 0 aliphatic carbocycles. The van der Waals surface area contributed by atoms with Gasteiger partial charge in [-0.1, -0.05) is 31.5 Å². The summed E-state index contributed by atoms with van der Waals surface area (Å²) in [6.07, 6.45) is 1.46. The maximum absolute atomic E-state index is 13.3. The number of carbonyl (C=O) groups is 2. The highest BCUT2D eigenvalue weighted by Gasteiger charge is 2.60. The molecule has 0 fully saturated rings. The van der Waals surface area contributed by atoms with E-state index in [1.807, 2.05) is 13.0 Å². The van der Waals surface area contributed by atoms with Gasteiger partial charge in [-0.15, -0.1) is 5.10 Å². The highest BCUT2D eigenvalue weighted by molar-refractivity contribution is 6.17. The maximum Gasteiger partial charge on any atom is 0.340 e. The van der Waals surface area contributed by atoms with E-state index < -0.39 is 11.4 Å². The van der Waals surface area contributed by atoms with Gasteiger partial charge in [-0.25, -0.2) is 4.79 Å². The van der Waals surface area contributed by atoms with E-state index in [0.717, 1.165) is 12.1 Å². The average molecular weight is 354 g/mol. The topological polar surface area (TPSA) is 119 Å². The van der Waals surface area contributed by atoms with E-state index in [9.17, 15) is 9.59 Å². The molecule has 26 heavy (non-hydrogen) atoms. The second-order valence-electron chi connectivity index (χ2n) is 6.21. The van der Waals surface area contributed by atoms with Gasteiger partial charge < -0.3 is 20.5 Å². The monoisotopic (exact) mass is 354 g/mol. The van der Waals surface area contributed by atoms with Crippen LogP contribution in [0.15, 0.2) is 35.7 Å². The van der Waals surface area contributed by atoms with Crippen LogP contribution in [0.4, 0.5) is 5.69 Å². The van der Waals surface area contributed by atoms with Crippen molar-refractivity contribution in [1.29, 1.82) is 0 Å². The third-order valence-corrected chi connectivity index (χ3v) is 4.82. The molecule has 1 atom stereocenters. The number of H-pyrrole nitrogens is 1. The Hall–Kier alpha value is -3.29. The molecular weight excluding hydrogens is 336 g/mol. The minimum absolute atomic E-state index is 0.0336. The molecule has 1 unspecified atom stereocenters. The molecule has 1 aromatic heterocycles. The highest BCUT2D eigenvalue weighted by atomic mass is 16.5. The average Bonchev–Trinajstić information content (AvgIpc) is 3.15. The second kappa shape index (κ2) is 5.62. The maximum atomic E-state index is 13.3. The second-order valence-corrected chi connectivity index (χ2v) is 6.21. The number of methoxy groups -OCH3 is 1. The first-order valence-corrected chi connectivity index (χ1v) is 8.30. The number of hydrogen-bond donors (Lipinski definition) is 3. The molecule has 2 aromatic rings. The Balaban J connectivity index is 2.12. The van der Waals surface area contributed by atoms with E-state index in [2.05, 4.69) is 15.5 Å². The van der Waals surface area contributed by atoms with E-state index in [4.69, 9.17) is 15.2 Å². The lowest BCUT2D eigenvalue weighted by Gasteiger charge is -2.33. The number of nitrogens with one attached hydrogen (secondary N) is 2. The first-order valence-electron chi connectivity index (χ1n) is 8.30. The lowest BCUT2D eigenvalue weighted by atomic mass is 9.68. The van der Waals surface area contributed by atoms with Crippen LogP contribution in [0.25, 0.3) is 0 Å². The minimum atomic E-state index is -1.46. The fraction of sp³-hybridized carbons (Fsp3) is 0.278. The van der Waals surface area contributed by atoms with Gasteiger partial charge in [0.25, 0.3) is 0 Å². The number of para-hydroxylation sites is 1. The number of aromatic amines is 1. The van der Waals surface area contributed by atoms with Crippen molar-refractivity contribution in [2.24, 2.45) is 5.73 Å². The van der Waals surface area contributed by atoms with Crippen LogP contribution >= 0.6 is 0 Å². The predicted molar refractivity (Wildman–Crippen MR) is 92.3 cm³/mol. The molecule has 8 nitrogen and oxygen atoms in total. The minimum Gasteiger partial charge on any atom is -0.465 e. The van der Waals surface area contributed by atoms with Gasteiger partial charge in [-0.05, 0) is 12.5 Å². The fourth-order valence-electron chi connectivity index (χ4n) is 3.83. The van der Waals surface area contributed by atoms with Crippen LogP contribution in [0.2, 0.25) is 0 Å². The van der Waals surface area contributed by atoms with Gasteiger partial charge >= 0.3 is 5.97 Å². The zero-order valence-corrected chi connectivity index (χ0v) is 14.4. The van der Waals surface area contributed by atoms with Gasteiger partial charge in [0.1, 0.15) is 11.0 Å². The normalized spacial score (nSPS) is 20.5. The van der Waals surface area contributed by atoms with E-state index in [1.165, 1.54) is 7.11 Å². The number of rotatable bonds is 3. The van der Waals surface area contributed by atoms with Crippen molar-refractivity contribution in [2.45, 2.75) is 25.2 Å². The summed E-state index contributed by atoms with van der Waals surface area (Å²) in [7, 11) is 1.24. The van der Waals surface area contributed by atoms with Crippen LogP contribution in [0.5, 0.6) is 5.88 Å². The number of nitrogens with two attached hydrogens (primary N) is 1. The lowest BCUT2D eigenvalue weighted by molar-refractivity contribution is -0.138. The van der Waals surface area contributed by atoms with Crippen LogP contribution in [0.3, 0.4) is 0 Å². The van der Waals surface area contributed by atoms with Gasteiger partial charge in [0.2, 0.25) is 17.7 Å². The van der Waals surface area contributed by atoms with Crippen molar-refractivity contribution in [3.8, 4) is 5.88 Å². The molecule has 8 heteroatoms. The molecule has 0 saturated heterocycles. The van der Waals surface area contributed by atoms with Crippen molar-refractivity contribution in [3.63, 3.8) is 0 Å². The van der Waals surface area contributed by atoms with Crippen molar-refractivity contribution in [2.75, 3.05) is 12.4 Å². The summed E-state index contributed by atoms with van der Waals surface area (Å²) in [6, 6.07) is 7.19. The quantitative estimate of drug-likeness (QED) is 0.716. The molecule has 3 heterocycles. The Bertz CT molecular complexity index is 962. The highest BCUT2D eigenvalue weighted by Crippen LogP contribution is 2.54. The van der Waals surface area contributed by atoms with Crippen molar-refractivity contribution < 1.29 is 19.1 Å². The van der Waals surface area contributed by atoms with Crippen molar-refractivity contribution in [3.05, 3.63) is 52.5 Å². The van der Waals surface area contributed by atoms with Crippen molar-refractivity contribution >= 4 is 17.6 Å². The summed E-state index contributed by atoms with van der Waals surface area (Å²) in [4.78, 5) is 25.9. The standard InChI is InChI=1S/C18H18N4O4/c1-3-6-11-12-15(22-21-11)26-14(19)13(16(23)25-2)18(12)9-7-4-5-8-10(9)20-17(18)24/h4-5,7-8H,3,6,19H2,1-2H3,(H,20,24)(H,21,22). The summed E-state index contributed by atoms with van der Waals surface area (Å²) in [5.41, 5.74) is 7.03. The zero-order chi connectivity index (χ0) is 18.5. The van der Waals surface area contributed by atoms with Gasteiger partial charge in [0.15, 0.2) is 0 Å². The smallest absolute Gasteiger partial charge is 0.340 e. The number of hydrogen-bond acceptors (Lipinski definition) is 6. The van der Waals surface area contributed by atoms with Crippen LogP contribution in [-0.2, 0) is 26.2 Å². The number of anilines is 1. The summed E-state index contributed by atoms with van der Waals surface area (Å²) < 4.78 is 10.5. The van der Waals surface area contributed by atoms with E-state index in [1.54, 1.807) is 18.2 Å². The molecule has 2 aliphatic heterocycles. The number of amides is 1. The third kappa shape index (κ3) is 1.86. The molecule has 4 N–H and O–H groups in total. The molecule has 0 radical (unpaired) electrons. The summed E-state index contributed by atoms with van der Waals surface area (Å²) in [5.74, 6) is -1.09. The molecule has 1 amide bonds. The Morgan fingerprint density at radius 3 is 2.88 bits per heavy atom. The number of benzene rings is 1. The number of ether oxygens (including phenoxy) is 2. The molecule has 1 aromatic carbocycles. The van der Waals surface area contributed by atoms with Gasteiger partial charge in [0, 0.05) is 16.9 Å². The molecule has 1 spiro atoms. The van der Waals surface area contributed by atoms with Crippen LogP contribution in [-0.4, -0.2) is 29.2 Å². The molecule has 134 valence electrons. The first kappa shape index (κ1) is 16.2. The van der Waals surface area contributed by atoms with E-state index in [-0.39, 0.29) is 23.2 Å². The third-order valence-electron chi connectivity index (χ3n) is 4.82. The van der Waals surface area contributed by atoms with Crippen LogP contribution in [0, 0.1) is 0 Å². The predicted octanol–water partition coefficient (Wildman–Crippen LogP) is 1.34. The number of aromatic nitrogens is 2. The van der Waals surface area contributed by atoms with Gasteiger partial charge in [0.05, 0.1) is 12.7 Å². The summed E-state index contributed by atoms with van der Waals surface area (Å²) in [6.45, 7) is 2.01. The van der Waals surface area contributed by atoms with Crippen LogP contribution in [0.1, 0.15) is 30.2 Å². The Kier molecular flexibility index (Phi) is 3.50. The number of nitrogens with zero attached hydrogens (tertiary/aromatic N) is 1. The van der Waals surface area contributed by atoms with E-state index >= 15 is 0 Å². The molecule has 0 saturated carbocycles. The Morgan fingerprint density at radius 1 is 1.38 bits per heavy atom. The molecule has 2 aliphatic rings. The van der Waals surface area contributed by atoms with Gasteiger partial charge in [-0.3, -0.25) is 9.89 Å². The van der Waals surface area contributed by atoms with Crippen LogP contribution < -0.4 is 15.8 Å². The fourth-order valence-corrected chi connectivity index (χ4v) is 3.83. The van der Waals surface area contributed by atoms with E-state index in [0.29, 0.717) is 23.2 Å². The zero-order valence-electron chi connectivity index (χ0n) is 14.4. The number of carbonyl (C=O) groups excluding carboxylic acids is 2. The first-order chi connectivity index (χ1) is 12.6. The molecule has 0 bridgehead atoms. The van der Waals surface area contributed by atoms with Crippen molar-refractivity contribution in [1.82, 2.24) is 10.2 Å². The SMILES string of the molecule is CCCc1[nH]nc2c1C1(C(=O)Nc3ccccc31)C(C(=O)OC)=C(N)O2. The Labute approximate surface area is 149 Å². The molecule has 4 rings (SSSR count). The lowest BCUT2D eigenvalue weighted by Crippen LogP contribution is -2.46. The Morgan fingerprint density at radius 2 is 2.15 bits per heavy atom. The number of fused-ring (bicyclic) bond motifs is 4. The summed E-state index contributed by atoms with van der Waals surface area (Å²) >= 11 is 0.